The van der Waals surface area contributed by atoms with Crippen molar-refractivity contribution in [1.29, 1.82) is 0 Å². The van der Waals surface area contributed by atoms with Crippen molar-refractivity contribution in [3.63, 3.8) is 0 Å². The molecule has 0 aliphatic carbocycles. The van der Waals surface area contributed by atoms with Crippen LogP contribution < -0.4 is 0 Å². The second kappa shape index (κ2) is 4.43. The van der Waals surface area contributed by atoms with Crippen LogP contribution in [0, 0.1) is 0 Å². The van der Waals surface area contributed by atoms with E-state index < -0.39 is 0 Å². The number of nitrogens with zero attached hydrogens (tertiary/aromatic N) is 1. The summed E-state index contributed by atoms with van der Waals surface area (Å²) in [6, 6.07) is 8.42. The van der Waals surface area contributed by atoms with Crippen LogP contribution in [0.2, 0.25) is 0 Å². The number of hydrogen-bond donors (Lipinski definition) is 0. The van der Waals surface area contributed by atoms with E-state index in [1.54, 1.807) is 0 Å². The highest BCUT2D eigenvalue weighted by Crippen LogP contribution is 2.15. The van der Waals surface area contributed by atoms with E-state index in [1.165, 1.54) is 5.56 Å². The van der Waals surface area contributed by atoms with Crippen LogP contribution in [0.3, 0.4) is 0 Å². The first-order valence-electron chi connectivity index (χ1n) is 4.78. The summed E-state index contributed by atoms with van der Waals surface area (Å²) in [7, 11) is 2.13. The van der Waals surface area contributed by atoms with Crippen LogP contribution in [0.4, 0.5) is 0 Å². The molecule has 2 nitrogen and oxygen atoms in total. The molecule has 3 heteroatoms. The van der Waals surface area contributed by atoms with Gasteiger partial charge in [0.25, 0.3) is 0 Å². The highest BCUT2D eigenvalue weighted by molar-refractivity contribution is 9.10. The van der Waals surface area contributed by atoms with E-state index in [4.69, 9.17) is 4.74 Å². The summed E-state index contributed by atoms with van der Waals surface area (Å²) in [5.41, 5.74) is 1.34. The lowest BCUT2D eigenvalue weighted by Crippen LogP contribution is -2.22. The third-order valence-corrected chi connectivity index (χ3v) is 2.75. The fourth-order valence-electron chi connectivity index (χ4n) is 1.53. The fourth-order valence-corrected chi connectivity index (χ4v) is 1.98. The summed E-state index contributed by atoms with van der Waals surface area (Å²) in [5.74, 6) is 0. The molecule has 0 spiro atoms. The van der Waals surface area contributed by atoms with Crippen LogP contribution in [0.25, 0.3) is 0 Å². The van der Waals surface area contributed by atoms with Crippen LogP contribution in [0.15, 0.2) is 28.7 Å². The average molecular weight is 256 g/mol. The summed E-state index contributed by atoms with van der Waals surface area (Å²) in [4.78, 5) is 2.29. The number of benzene rings is 1. The molecule has 0 radical (unpaired) electrons. The van der Waals surface area contributed by atoms with Crippen molar-refractivity contribution in [2.45, 2.75) is 12.6 Å². The second-order valence-corrected chi connectivity index (χ2v) is 4.70. The van der Waals surface area contributed by atoms with Crippen molar-refractivity contribution in [3.05, 3.63) is 34.3 Å². The molecule has 0 aromatic heterocycles. The number of epoxide rings is 1. The number of likely N-dealkylation sites (N-methyl/N-ethyl adjacent to an activating group) is 1. The standard InChI is InChI=1S/C11H14BrNO/c1-13(7-11-8-14-11)6-9-3-2-4-10(12)5-9/h2-5,11H,6-8H2,1H3/t11-/m0/s1. The van der Waals surface area contributed by atoms with Gasteiger partial charge in [0.1, 0.15) is 0 Å². The number of rotatable bonds is 4. The zero-order valence-electron chi connectivity index (χ0n) is 8.24. The maximum Gasteiger partial charge on any atom is 0.0936 e. The average Bonchev–Trinajstić information content (AvgIpc) is 2.87. The Balaban J connectivity index is 1.88. The first-order chi connectivity index (χ1) is 6.74. The Labute approximate surface area is 93.0 Å². The molecule has 0 bridgehead atoms. The monoisotopic (exact) mass is 255 g/mol. The fraction of sp³-hybridized carbons (Fsp3) is 0.455. The Morgan fingerprint density at radius 2 is 2.36 bits per heavy atom. The minimum atomic E-state index is 0.479. The summed E-state index contributed by atoms with van der Waals surface area (Å²) < 4.78 is 6.33. The minimum absolute atomic E-state index is 0.479. The lowest BCUT2D eigenvalue weighted by molar-refractivity contribution is 0.278. The van der Waals surface area contributed by atoms with Gasteiger partial charge in [0, 0.05) is 17.6 Å². The molecular formula is C11H14BrNO. The van der Waals surface area contributed by atoms with Crippen LogP contribution in [0.5, 0.6) is 0 Å². The molecule has 0 amide bonds. The number of halogens is 1. The van der Waals surface area contributed by atoms with Crippen molar-refractivity contribution in [2.75, 3.05) is 20.2 Å². The minimum Gasteiger partial charge on any atom is -0.372 e. The first kappa shape index (κ1) is 10.1. The molecule has 1 aromatic carbocycles. The Bertz CT molecular complexity index is 312. The maximum atomic E-state index is 5.19. The van der Waals surface area contributed by atoms with Gasteiger partial charge in [-0.1, -0.05) is 28.1 Å². The van der Waals surface area contributed by atoms with Gasteiger partial charge in [-0.15, -0.1) is 0 Å². The quantitative estimate of drug-likeness (QED) is 0.768. The molecular weight excluding hydrogens is 242 g/mol. The second-order valence-electron chi connectivity index (χ2n) is 3.78. The van der Waals surface area contributed by atoms with E-state index in [2.05, 4.69) is 46.1 Å². The van der Waals surface area contributed by atoms with E-state index in [0.29, 0.717) is 6.10 Å². The molecule has 1 fully saturated rings. The van der Waals surface area contributed by atoms with Gasteiger partial charge >= 0.3 is 0 Å². The highest BCUT2D eigenvalue weighted by Gasteiger charge is 2.23. The lowest BCUT2D eigenvalue weighted by atomic mass is 10.2. The third kappa shape index (κ3) is 3.08. The third-order valence-electron chi connectivity index (χ3n) is 2.26. The van der Waals surface area contributed by atoms with Gasteiger partial charge in [-0.2, -0.15) is 0 Å². The van der Waals surface area contributed by atoms with Crippen LogP contribution >= 0.6 is 15.9 Å². The van der Waals surface area contributed by atoms with E-state index in [0.717, 1.165) is 24.2 Å². The summed E-state index contributed by atoms with van der Waals surface area (Å²) in [6.45, 7) is 2.95. The normalized spacial score (nSPS) is 20.1. The van der Waals surface area contributed by atoms with Gasteiger partial charge in [0.05, 0.1) is 12.7 Å². The summed E-state index contributed by atoms with van der Waals surface area (Å²) in [6.07, 6.45) is 0.479. The summed E-state index contributed by atoms with van der Waals surface area (Å²) >= 11 is 3.47. The Morgan fingerprint density at radius 3 is 3.00 bits per heavy atom. The van der Waals surface area contributed by atoms with Crippen molar-refractivity contribution in [3.8, 4) is 0 Å². The molecule has 1 aliphatic heterocycles. The van der Waals surface area contributed by atoms with E-state index in [1.807, 2.05) is 6.07 Å². The molecule has 1 aromatic rings. The topological polar surface area (TPSA) is 15.8 Å². The van der Waals surface area contributed by atoms with E-state index >= 15 is 0 Å². The zero-order valence-corrected chi connectivity index (χ0v) is 9.83. The lowest BCUT2D eigenvalue weighted by Gasteiger charge is -2.15. The molecule has 0 saturated carbocycles. The van der Waals surface area contributed by atoms with E-state index in [-0.39, 0.29) is 0 Å². The van der Waals surface area contributed by atoms with Gasteiger partial charge in [0.15, 0.2) is 0 Å². The van der Waals surface area contributed by atoms with E-state index in [9.17, 15) is 0 Å². The highest BCUT2D eigenvalue weighted by atomic mass is 79.9. The Morgan fingerprint density at radius 1 is 1.57 bits per heavy atom. The van der Waals surface area contributed by atoms with Gasteiger partial charge in [0.2, 0.25) is 0 Å². The molecule has 1 aliphatic rings. The summed E-state index contributed by atoms with van der Waals surface area (Å²) in [5, 5.41) is 0. The first-order valence-corrected chi connectivity index (χ1v) is 5.58. The van der Waals surface area contributed by atoms with Crippen molar-refractivity contribution in [1.82, 2.24) is 4.90 Å². The maximum absolute atomic E-state index is 5.19. The van der Waals surface area contributed by atoms with Crippen molar-refractivity contribution >= 4 is 15.9 Å². The van der Waals surface area contributed by atoms with Crippen LogP contribution in [-0.2, 0) is 11.3 Å². The van der Waals surface area contributed by atoms with Gasteiger partial charge in [-0.05, 0) is 24.7 Å². The smallest absolute Gasteiger partial charge is 0.0936 e. The molecule has 0 unspecified atom stereocenters. The SMILES string of the molecule is CN(Cc1cccc(Br)c1)C[C@H]1CO1. The predicted octanol–water partition coefficient (Wildman–Crippen LogP) is 2.28. The number of hydrogen-bond acceptors (Lipinski definition) is 2. The van der Waals surface area contributed by atoms with Crippen LogP contribution in [0.1, 0.15) is 5.56 Å². The van der Waals surface area contributed by atoms with Gasteiger partial charge < -0.3 is 4.74 Å². The van der Waals surface area contributed by atoms with Crippen LogP contribution in [-0.4, -0.2) is 31.2 Å². The molecule has 14 heavy (non-hydrogen) atoms. The molecule has 0 N–H and O–H groups in total. The van der Waals surface area contributed by atoms with Crippen molar-refractivity contribution < 1.29 is 4.74 Å². The zero-order chi connectivity index (χ0) is 9.97. The van der Waals surface area contributed by atoms with Gasteiger partial charge in [-0.3, -0.25) is 4.90 Å². The molecule has 1 saturated heterocycles. The predicted molar refractivity (Wildman–Crippen MR) is 60.2 cm³/mol. The molecule has 1 heterocycles. The van der Waals surface area contributed by atoms with Gasteiger partial charge in [-0.25, -0.2) is 0 Å². The number of ether oxygens (including phenoxy) is 1. The Kier molecular flexibility index (Phi) is 3.21. The molecule has 76 valence electrons. The Hall–Kier alpha value is -0.380. The van der Waals surface area contributed by atoms with Crippen molar-refractivity contribution in [2.24, 2.45) is 0 Å². The molecule has 2 rings (SSSR count). The largest absolute Gasteiger partial charge is 0.372 e. The molecule has 1 atom stereocenters.